The molecule has 0 unspecified atom stereocenters. The van der Waals surface area contributed by atoms with Gasteiger partial charge in [0.2, 0.25) is 0 Å². The van der Waals surface area contributed by atoms with Crippen LogP contribution in [0, 0.1) is 6.92 Å². The number of aromatic nitrogens is 1. The zero-order chi connectivity index (χ0) is 17.4. The van der Waals surface area contributed by atoms with Gasteiger partial charge in [-0.15, -0.1) is 0 Å². The molecule has 2 aromatic carbocycles. The van der Waals surface area contributed by atoms with Crippen LogP contribution >= 0.6 is 11.6 Å². The first-order chi connectivity index (χ1) is 12.1. The lowest BCUT2D eigenvalue weighted by molar-refractivity contribution is 0.0992. The van der Waals surface area contributed by atoms with Gasteiger partial charge in [-0.05, 0) is 55.0 Å². The fourth-order valence-corrected chi connectivity index (χ4v) is 3.18. The molecule has 25 heavy (non-hydrogen) atoms. The van der Waals surface area contributed by atoms with Crippen LogP contribution in [0.3, 0.4) is 0 Å². The van der Waals surface area contributed by atoms with Crippen molar-refractivity contribution in [1.82, 2.24) is 4.98 Å². The molecule has 4 nitrogen and oxygen atoms in total. The quantitative estimate of drug-likeness (QED) is 0.737. The van der Waals surface area contributed by atoms with Crippen molar-refractivity contribution in [3.05, 3.63) is 88.6 Å². The first-order valence-corrected chi connectivity index (χ1v) is 8.38. The third-order valence-corrected chi connectivity index (χ3v) is 4.51. The van der Waals surface area contributed by atoms with Crippen molar-refractivity contribution in [2.24, 2.45) is 0 Å². The fourth-order valence-electron chi connectivity index (χ4n) is 3.05. The summed E-state index contributed by atoms with van der Waals surface area (Å²) in [5.41, 5.74) is 3.57. The highest BCUT2D eigenvalue weighted by molar-refractivity contribution is 6.30. The van der Waals surface area contributed by atoms with Crippen molar-refractivity contribution >= 4 is 29.0 Å². The highest BCUT2D eigenvalue weighted by Crippen LogP contribution is 2.37. The van der Waals surface area contributed by atoms with Crippen molar-refractivity contribution in [2.75, 3.05) is 10.2 Å². The second kappa shape index (κ2) is 6.22. The molecule has 0 saturated carbocycles. The number of amides is 1. The monoisotopic (exact) mass is 349 g/mol. The summed E-state index contributed by atoms with van der Waals surface area (Å²) in [6, 6.07) is 18.9. The van der Waals surface area contributed by atoms with E-state index < -0.39 is 0 Å². The number of nitrogens with zero attached hydrogens (tertiary/aromatic N) is 2. The first-order valence-electron chi connectivity index (χ1n) is 8.01. The summed E-state index contributed by atoms with van der Waals surface area (Å²) in [5, 5.41) is 4.10. The zero-order valence-electron chi connectivity index (χ0n) is 13.6. The third kappa shape index (κ3) is 2.85. The molecule has 5 heteroatoms. The first kappa shape index (κ1) is 15.7. The lowest BCUT2D eigenvalue weighted by Gasteiger charge is -2.26. The maximum Gasteiger partial charge on any atom is 0.261 e. The van der Waals surface area contributed by atoms with E-state index >= 15 is 0 Å². The Morgan fingerprint density at radius 2 is 1.84 bits per heavy atom. The van der Waals surface area contributed by atoms with Crippen molar-refractivity contribution in [3.8, 4) is 0 Å². The average molecular weight is 350 g/mol. The van der Waals surface area contributed by atoms with Gasteiger partial charge in [-0.25, -0.2) is 4.98 Å². The SMILES string of the molecule is Cc1ccnc(N2C(=O)c3ccccc3[C@@H]2Nc2ccc(Cl)cc2)c1. The number of anilines is 2. The number of aryl methyl sites for hydroxylation is 1. The van der Waals surface area contributed by atoms with Crippen LogP contribution in [-0.4, -0.2) is 10.9 Å². The molecule has 0 saturated heterocycles. The van der Waals surface area contributed by atoms with E-state index in [-0.39, 0.29) is 12.1 Å². The van der Waals surface area contributed by atoms with Crippen LogP contribution < -0.4 is 10.2 Å². The highest BCUT2D eigenvalue weighted by atomic mass is 35.5. The molecule has 1 atom stereocenters. The van der Waals surface area contributed by atoms with Gasteiger partial charge >= 0.3 is 0 Å². The second-order valence-corrected chi connectivity index (χ2v) is 6.44. The van der Waals surface area contributed by atoms with E-state index in [0.717, 1.165) is 16.8 Å². The molecule has 1 N–H and O–H groups in total. The Kier molecular flexibility index (Phi) is 3.90. The minimum Gasteiger partial charge on any atom is -0.361 e. The van der Waals surface area contributed by atoms with Crippen molar-refractivity contribution < 1.29 is 4.79 Å². The zero-order valence-corrected chi connectivity index (χ0v) is 14.4. The van der Waals surface area contributed by atoms with Gasteiger partial charge in [0.05, 0.1) is 0 Å². The van der Waals surface area contributed by atoms with Crippen molar-refractivity contribution in [3.63, 3.8) is 0 Å². The smallest absolute Gasteiger partial charge is 0.261 e. The predicted molar refractivity (Wildman–Crippen MR) is 100 cm³/mol. The summed E-state index contributed by atoms with van der Waals surface area (Å²) in [4.78, 5) is 19.1. The molecule has 2 heterocycles. The van der Waals surface area contributed by atoms with Gasteiger partial charge in [0.15, 0.2) is 0 Å². The van der Waals surface area contributed by atoms with Crippen molar-refractivity contribution in [1.29, 1.82) is 0 Å². The number of fused-ring (bicyclic) bond motifs is 1. The Balaban J connectivity index is 1.78. The summed E-state index contributed by atoms with van der Waals surface area (Å²) in [6.07, 6.45) is 1.40. The molecular weight excluding hydrogens is 334 g/mol. The molecule has 3 aromatic rings. The number of hydrogen-bond donors (Lipinski definition) is 1. The number of carbonyl (C=O) groups is 1. The normalized spacial score (nSPS) is 16.0. The number of nitrogens with one attached hydrogen (secondary N) is 1. The van der Waals surface area contributed by atoms with Crippen LogP contribution in [-0.2, 0) is 0 Å². The van der Waals surface area contributed by atoms with E-state index in [0.29, 0.717) is 16.4 Å². The highest BCUT2D eigenvalue weighted by Gasteiger charge is 2.38. The van der Waals surface area contributed by atoms with E-state index in [1.54, 1.807) is 11.1 Å². The van der Waals surface area contributed by atoms with Crippen LogP contribution in [0.4, 0.5) is 11.5 Å². The summed E-state index contributed by atoms with van der Waals surface area (Å²) in [5.74, 6) is 0.577. The maximum atomic E-state index is 13.0. The van der Waals surface area contributed by atoms with Crippen LogP contribution in [0.15, 0.2) is 66.9 Å². The second-order valence-electron chi connectivity index (χ2n) is 6.01. The van der Waals surface area contributed by atoms with Gasteiger partial charge in [0, 0.05) is 28.0 Å². The number of pyridine rings is 1. The molecule has 4 rings (SSSR count). The topological polar surface area (TPSA) is 45.2 Å². The summed E-state index contributed by atoms with van der Waals surface area (Å²) in [6.45, 7) is 1.99. The number of carbonyl (C=O) groups excluding carboxylic acids is 1. The van der Waals surface area contributed by atoms with Crippen molar-refractivity contribution in [2.45, 2.75) is 13.1 Å². The molecule has 0 bridgehead atoms. The van der Waals surface area contributed by atoms with E-state index in [2.05, 4.69) is 10.3 Å². The molecule has 0 spiro atoms. The molecular formula is C20H16ClN3O. The van der Waals surface area contributed by atoms with Gasteiger partial charge in [-0.3, -0.25) is 9.69 Å². The van der Waals surface area contributed by atoms with Gasteiger partial charge in [-0.1, -0.05) is 29.8 Å². The summed E-state index contributed by atoms with van der Waals surface area (Å²) in [7, 11) is 0. The Bertz CT molecular complexity index is 940. The van der Waals surface area contributed by atoms with Gasteiger partial charge in [0.1, 0.15) is 12.0 Å². The largest absolute Gasteiger partial charge is 0.361 e. The summed E-state index contributed by atoms with van der Waals surface area (Å²) < 4.78 is 0. The summed E-state index contributed by atoms with van der Waals surface area (Å²) >= 11 is 5.97. The maximum absolute atomic E-state index is 13.0. The van der Waals surface area contributed by atoms with Gasteiger partial charge < -0.3 is 5.32 Å². The molecule has 1 aliphatic rings. The average Bonchev–Trinajstić information content (AvgIpc) is 2.89. The minimum atomic E-state index is -0.320. The van der Waals surface area contributed by atoms with Crippen LogP contribution in [0.25, 0.3) is 0 Å². The number of rotatable bonds is 3. The minimum absolute atomic E-state index is 0.0554. The number of halogens is 1. The molecule has 124 valence electrons. The van der Waals surface area contributed by atoms with E-state index in [1.807, 2.05) is 67.6 Å². The van der Waals surface area contributed by atoms with Crippen LogP contribution in [0.2, 0.25) is 5.02 Å². The van der Waals surface area contributed by atoms with Gasteiger partial charge in [0.25, 0.3) is 5.91 Å². The Morgan fingerprint density at radius 1 is 1.08 bits per heavy atom. The standard InChI is InChI=1S/C20H16ClN3O/c1-13-10-11-22-18(12-13)24-19(23-15-8-6-14(21)7-9-15)16-4-2-3-5-17(16)20(24)25/h2-12,19,23H,1H3/t19-/m1/s1. The molecule has 0 fully saturated rings. The fraction of sp³-hybridized carbons (Fsp3) is 0.100. The lowest BCUT2D eigenvalue weighted by atomic mass is 10.1. The third-order valence-electron chi connectivity index (χ3n) is 4.26. The Hall–Kier alpha value is -2.85. The molecule has 0 aliphatic carbocycles. The Labute approximate surface area is 151 Å². The van der Waals surface area contributed by atoms with E-state index in [4.69, 9.17) is 11.6 Å². The van der Waals surface area contributed by atoms with Crippen LogP contribution in [0.5, 0.6) is 0 Å². The molecule has 1 amide bonds. The Morgan fingerprint density at radius 3 is 2.60 bits per heavy atom. The predicted octanol–water partition coefficient (Wildman–Crippen LogP) is 4.81. The lowest BCUT2D eigenvalue weighted by Crippen LogP contribution is -2.33. The van der Waals surface area contributed by atoms with E-state index in [9.17, 15) is 4.79 Å². The van der Waals surface area contributed by atoms with Crippen LogP contribution in [0.1, 0.15) is 27.7 Å². The molecule has 0 radical (unpaired) electrons. The molecule has 1 aliphatic heterocycles. The van der Waals surface area contributed by atoms with E-state index in [1.165, 1.54) is 0 Å². The molecule has 1 aromatic heterocycles. The van der Waals surface area contributed by atoms with Gasteiger partial charge in [-0.2, -0.15) is 0 Å². The number of hydrogen-bond acceptors (Lipinski definition) is 3. The number of benzene rings is 2.